The van der Waals surface area contributed by atoms with Crippen LogP contribution in [0.15, 0.2) is 6.07 Å². The van der Waals surface area contributed by atoms with Gasteiger partial charge in [-0.1, -0.05) is 33.6 Å². The average molecular weight is 261 g/mol. The number of carboxylic acids is 1. The van der Waals surface area contributed by atoms with Crippen LogP contribution in [0.1, 0.15) is 73.3 Å². The summed E-state index contributed by atoms with van der Waals surface area (Å²) in [5.74, 6) is 0.00669. The molecule has 0 aliphatic heterocycles. The van der Waals surface area contributed by atoms with Crippen molar-refractivity contribution in [2.45, 2.75) is 58.8 Å². The maximum Gasteiger partial charge on any atom is 0.337 e. The monoisotopic (exact) mass is 261 g/mol. The summed E-state index contributed by atoms with van der Waals surface area (Å²) in [7, 11) is 0. The van der Waals surface area contributed by atoms with Crippen molar-refractivity contribution in [2.24, 2.45) is 5.92 Å². The topological polar surface area (TPSA) is 50.2 Å². The van der Waals surface area contributed by atoms with E-state index >= 15 is 0 Å². The zero-order valence-electron chi connectivity index (χ0n) is 12.1. The number of nitrogens with zero attached hydrogens (tertiary/aromatic N) is 1. The van der Waals surface area contributed by atoms with Gasteiger partial charge in [-0.15, -0.1) is 0 Å². The fourth-order valence-corrected chi connectivity index (χ4v) is 3.02. The summed E-state index contributed by atoms with van der Waals surface area (Å²) in [4.78, 5) is 16.0. The Morgan fingerprint density at radius 2 is 2.26 bits per heavy atom. The van der Waals surface area contributed by atoms with Gasteiger partial charge in [0.2, 0.25) is 0 Å². The van der Waals surface area contributed by atoms with Crippen molar-refractivity contribution in [3.05, 3.63) is 28.6 Å². The van der Waals surface area contributed by atoms with Gasteiger partial charge in [0.25, 0.3) is 0 Å². The van der Waals surface area contributed by atoms with Crippen molar-refractivity contribution in [1.82, 2.24) is 4.98 Å². The maximum absolute atomic E-state index is 11.4. The second-order valence-corrected chi connectivity index (χ2v) is 5.88. The SMILES string of the molecule is CCCC1CCc2nc(C(C)C)c(C(=O)O)cc2C1. The molecular weight excluding hydrogens is 238 g/mol. The van der Waals surface area contributed by atoms with Gasteiger partial charge >= 0.3 is 5.97 Å². The lowest BCUT2D eigenvalue weighted by molar-refractivity contribution is 0.0694. The van der Waals surface area contributed by atoms with Gasteiger partial charge in [-0.25, -0.2) is 4.79 Å². The first-order valence-electron chi connectivity index (χ1n) is 7.28. The number of aromatic carboxylic acids is 1. The van der Waals surface area contributed by atoms with Crippen molar-refractivity contribution in [1.29, 1.82) is 0 Å². The van der Waals surface area contributed by atoms with E-state index in [4.69, 9.17) is 0 Å². The molecule has 1 aromatic rings. The molecule has 1 aromatic heterocycles. The third kappa shape index (κ3) is 2.96. The van der Waals surface area contributed by atoms with Gasteiger partial charge in [0, 0.05) is 5.69 Å². The van der Waals surface area contributed by atoms with Crippen molar-refractivity contribution >= 4 is 5.97 Å². The van der Waals surface area contributed by atoms with Gasteiger partial charge in [-0.05, 0) is 42.7 Å². The van der Waals surface area contributed by atoms with Crippen LogP contribution in [0.3, 0.4) is 0 Å². The van der Waals surface area contributed by atoms with Crippen LogP contribution in [0.4, 0.5) is 0 Å². The van der Waals surface area contributed by atoms with Crippen molar-refractivity contribution in [2.75, 3.05) is 0 Å². The van der Waals surface area contributed by atoms with Gasteiger partial charge in [-0.3, -0.25) is 4.98 Å². The molecule has 0 fully saturated rings. The van der Waals surface area contributed by atoms with Crippen LogP contribution < -0.4 is 0 Å². The van der Waals surface area contributed by atoms with Crippen LogP contribution in [0.5, 0.6) is 0 Å². The van der Waals surface area contributed by atoms with E-state index < -0.39 is 5.97 Å². The molecule has 1 unspecified atom stereocenters. The van der Waals surface area contributed by atoms with Crippen LogP contribution in [0.2, 0.25) is 0 Å². The quantitative estimate of drug-likeness (QED) is 0.896. The fraction of sp³-hybridized carbons (Fsp3) is 0.625. The lowest BCUT2D eigenvalue weighted by Crippen LogP contribution is -2.19. The van der Waals surface area contributed by atoms with E-state index in [9.17, 15) is 9.90 Å². The number of fused-ring (bicyclic) bond motifs is 1. The molecule has 1 atom stereocenters. The van der Waals surface area contributed by atoms with Gasteiger partial charge in [0.15, 0.2) is 0 Å². The highest BCUT2D eigenvalue weighted by molar-refractivity contribution is 5.89. The summed E-state index contributed by atoms with van der Waals surface area (Å²) >= 11 is 0. The van der Waals surface area contributed by atoms with E-state index in [0.717, 1.165) is 29.8 Å². The summed E-state index contributed by atoms with van der Waals surface area (Å²) in [5.41, 5.74) is 3.42. The number of carboxylic acid groups (broad SMARTS) is 1. The minimum Gasteiger partial charge on any atom is -0.478 e. The van der Waals surface area contributed by atoms with E-state index in [-0.39, 0.29) is 5.92 Å². The average Bonchev–Trinajstić information content (AvgIpc) is 2.37. The van der Waals surface area contributed by atoms with Crippen molar-refractivity contribution in [3.8, 4) is 0 Å². The van der Waals surface area contributed by atoms with Gasteiger partial charge in [-0.2, -0.15) is 0 Å². The van der Waals surface area contributed by atoms with Crippen LogP contribution in [0, 0.1) is 5.92 Å². The molecule has 1 aliphatic carbocycles. The second kappa shape index (κ2) is 5.72. The summed E-state index contributed by atoms with van der Waals surface area (Å²) < 4.78 is 0. The highest BCUT2D eigenvalue weighted by Gasteiger charge is 2.23. The molecule has 0 saturated heterocycles. The number of rotatable bonds is 4. The van der Waals surface area contributed by atoms with Crippen molar-refractivity contribution in [3.63, 3.8) is 0 Å². The Labute approximate surface area is 115 Å². The normalized spacial score (nSPS) is 18.4. The summed E-state index contributed by atoms with van der Waals surface area (Å²) in [6.45, 7) is 6.21. The fourth-order valence-electron chi connectivity index (χ4n) is 3.02. The molecule has 0 spiro atoms. The molecule has 3 nitrogen and oxygen atoms in total. The van der Waals surface area contributed by atoms with Crippen LogP contribution >= 0.6 is 0 Å². The molecule has 104 valence electrons. The molecule has 1 N–H and O–H groups in total. The number of aryl methyl sites for hydroxylation is 1. The molecular formula is C16H23NO2. The van der Waals surface area contributed by atoms with Crippen LogP contribution in [-0.4, -0.2) is 16.1 Å². The first-order valence-corrected chi connectivity index (χ1v) is 7.28. The minimum atomic E-state index is -0.850. The first kappa shape index (κ1) is 14.0. The lowest BCUT2D eigenvalue weighted by atomic mass is 9.83. The van der Waals surface area contributed by atoms with Crippen LogP contribution in [0.25, 0.3) is 0 Å². The molecule has 0 bridgehead atoms. The van der Waals surface area contributed by atoms with E-state index in [1.54, 1.807) is 0 Å². The second-order valence-electron chi connectivity index (χ2n) is 5.88. The van der Waals surface area contributed by atoms with Crippen LogP contribution in [-0.2, 0) is 12.8 Å². The Morgan fingerprint density at radius 3 is 2.84 bits per heavy atom. The summed E-state index contributed by atoms with van der Waals surface area (Å²) in [6.07, 6.45) is 5.61. The Morgan fingerprint density at radius 1 is 1.53 bits per heavy atom. The smallest absolute Gasteiger partial charge is 0.337 e. The molecule has 3 heteroatoms. The number of hydrogen-bond donors (Lipinski definition) is 1. The highest BCUT2D eigenvalue weighted by atomic mass is 16.4. The molecule has 1 aliphatic rings. The molecule has 1 heterocycles. The van der Waals surface area contributed by atoms with E-state index in [1.807, 2.05) is 19.9 Å². The molecule has 2 rings (SSSR count). The molecule has 0 aromatic carbocycles. The Kier molecular flexibility index (Phi) is 4.23. The molecule has 19 heavy (non-hydrogen) atoms. The number of hydrogen-bond acceptors (Lipinski definition) is 2. The zero-order chi connectivity index (χ0) is 14.0. The number of carbonyl (C=O) groups is 1. The number of aromatic nitrogens is 1. The largest absolute Gasteiger partial charge is 0.478 e. The zero-order valence-corrected chi connectivity index (χ0v) is 12.1. The van der Waals surface area contributed by atoms with E-state index in [1.165, 1.54) is 19.3 Å². The first-order chi connectivity index (χ1) is 9.02. The van der Waals surface area contributed by atoms with Gasteiger partial charge in [0.05, 0.1) is 11.3 Å². The van der Waals surface area contributed by atoms with Crippen molar-refractivity contribution < 1.29 is 9.90 Å². The standard InChI is InChI=1S/C16H23NO2/c1-4-5-11-6-7-14-12(8-11)9-13(16(18)19)15(17-14)10(2)3/h9-11H,4-8H2,1-3H3,(H,18,19). The predicted octanol–water partition coefficient (Wildman–Crippen LogP) is 3.81. The van der Waals surface area contributed by atoms with E-state index in [2.05, 4.69) is 11.9 Å². The Bertz CT molecular complexity index is 480. The Hall–Kier alpha value is -1.38. The number of pyridine rings is 1. The third-order valence-electron chi connectivity index (χ3n) is 3.99. The highest BCUT2D eigenvalue weighted by Crippen LogP contribution is 2.30. The summed E-state index contributed by atoms with van der Waals surface area (Å²) in [6, 6.07) is 1.88. The summed E-state index contributed by atoms with van der Waals surface area (Å²) in [5, 5.41) is 9.35. The Balaban J connectivity index is 2.37. The molecule has 0 amide bonds. The van der Waals surface area contributed by atoms with Gasteiger partial charge < -0.3 is 5.11 Å². The molecule has 0 radical (unpaired) electrons. The predicted molar refractivity (Wildman–Crippen MR) is 75.7 cm³/mol. The maximum atomic E-state index is 11.4. The van der Waals surface area contributed by atoms with Gasteiger partial charge in [0.1, 0.15) is 0 Å². The molecule has 0 saturated carbocycles. The third-order valence-corrected chi connectivity index (χ3v) is 3.99. The minimum absolute atomic E-state index is 0.157. The lowest BCUT2D eigenvalue weighted by Gasteiger charge is -2.25. The van der Waals surface area contributed by atoms with E-state index in [0.29, 0.717) is 11.5 Å².